The van der Waals surface area contributed by atoms with Crippen molar-refractivity contribution in [3.63, 3.8) is 0 Å². The maximum atomic E-state index is 13.8. The van der Waals surface area contributed by atoms with Crippen molar-refractivity contribution in [1.82, 2.24) is 9.97 Å². The van der Waals surface area contributed by atoms with Crippen LogP contribution in [0.25, 0.3) is 43.6 Å². The molecule has 0 spiro atoms. The van der Waals surface area contributed by atoms with Gasteiger partial charge in [-0.05, 0) is 74.5 Å². The van der Waals surface area contributed by atoms with E-state index in [1.165, 1.54) is 0 Å². The Kier molecular flexibility index (Phi) is 5.42. The highest BCUT2D eigenvalue weighted by molar-refractivity contribution is 6.03. The van der Waals surface area contributed by atoms with Crippen LogP contribution >= 0.6 is 0 Å². The summed E-state index contributed by atoms with van der Waals surface area (Å²) >= 11 is 0. The van der Waals surface area contributed by atoms with Gasteiger partial charge in [-0.3, -0.25) is 9.59 Å². The Morgan fingerprint density at radius 3 is 1.73 bits per heavy atom. The van der Waals surface area contributed by atoms with E-state index in [4.69, 9.17) is 9.47 Å². The number of fused-ring (bicyclic) bond motifs is 4. The summed E-state index contributed by atoms with van der Waals surface area (Å²) < 4.78 is 12.1. The number of aromatic nitrogens is 2. The van der Waals surface area contributed by atoms with E-state index in [9.17, 15) is 9.59 Å². The lowest BCUT2D eigenvalue weighted by molar-refractivity contribution is 0.483. The third-order valence-corrected chi connectivity index (χ3v) is 7.18. The molecule has 0 aliphatic carbocycles. The lowest BCUT2D eigenvalue weighted by Gasteiger charge is -2.11. The Bertz CT molecular complexity index is 2210. The minimum absolute atomic E-state index is 0.120. The largest absolute Gasteiger partial charge is 0.457 e. The predicted octanol–water partition coefficient (Wildman–Crippen LogP) is 7.88. The molecule has 7 aromatic rings. The first kappa shape index (κ1) is 23.7. The van der Waals surface area contributed by atoms with Gasteiger partial charge in [-0.15, -0.1) is 0 Å². The first-order valence-corrected chi connectivity index (χ1v) is 13.0. The second kappa shape index (κ2) is 9.13. The van der Waals surface area contributed by atoms with Crippen LogP contribution in [0.4, 0.5) is 0 Å². The molecule has 5 aromatic carbocycles. The number of aromatic amines is 2. The first-order chi connectivity index (χ1) is 19.4. The van der Waals surface area contributed by atoms with Crippen LogP contribution in [0.5, 0.6) is 23.0 Å². The molecule has 194 valence electrons. The molecule has 0 amide bonds. The molecule has 0 aliphatic heterocycles. The Morgan fingerprint density at radius 2 is 1.05 bits per heavy atom. The summed E-state index contributed by atoms with van der Waals surface area (Å²) in [7, 11) is 0. The number of hydrogen-bond acceptors (Lipinski definition) is 4. The fourth-order valence-electron chi connectivity index (χ4n) is 5.07. The van der Waals surface area contributed by atoms with E-state index in [1.54, 1.807) is 36.4 Å². The van der Waals surface area contributed by atoms with Gasteiger partial charge in [-0.25, -0.2) is 0 Å². The normalized spacial score (nSPS) is 11.4. The zero-order valence-corrected chi connectivity index (χ0v) is 21.9. The highest BCUT2D eigenvalue weighted by Crippen LogP contribution is 2.30. The minimum atomic E-state index is -0.175. The summed E-state index contributed by atoms with van der Waals surface area (Å²) in [6.45, 7) is 4.03. The molecule has 2 aromatic heterocycles. The lowest BCUT2D eigenvalue weighted by atomic mass is 10.0. The van der Waals surface area contributed by atoms with Crippen LogP contribution in [0.2, 0.25) is 0 Å². The number of pyridine rings is 2. The van der Waals surface area contributed by atoms with Gasteiger partial charge in [0.15, 0.2) is 5.43 Å². The van der Waals surface area contributed by atoms with Crippen molar-refractivity contribution >= 4 is 43.6 Å². The molecule has 2 heterocycles. The van der Waals surface area contributed by atoms with Crippen molar-refractivity contribution in [1.29, 1.82) is 0 Å². The summed E-state index contributed by atoms with van der Waals surface area (Å²) in [6, 6.07) is 29.8. The molecular weight excluding hydrogens is 500 g/mol. The van der Waals surface area contributed by atoms with Crippen molar-refractivity contribution in [2.45, 2.75) is 13.8 Å². The zero-order chi connectivity index (χ0) is 27.4. The smallest absolute Gasteiger partial charge is 0.201 e. The highest BCUT2D eigenvalue weighted by atomic mass is 16.5. The van der Waals surface area contributed by atoms with E-state index in [0.29, 0.717) is 66.6 Å². The molecule has 7 rings (SSSR count). The molecule has 0 aliphatic rings. The second-order valence-corrected chi connectivity index (χ2v) is 10.1. The van der Waals surface area contributed by atoms with Gasteiger partial charge in [0, 0.05) is 22.2 Å². The topological polar surface area (TPSA) is 84.2 Å². The maximum absolute atomic E-state index is 13.8. The van der Waals surface area contributed by atoms with Crippen molar-refractivity contribution in [3.8, 4) is 23.0 Å². The maximum Gasteiger partial charge on any atom is 0.201 e. The van der Waals surface area contributed by atoms with Gasteiger partial charge < -0.3 is 19.4 Å². The van der Waals surface area contributed by atoms with Crippen molar-refractivity contribution < 1.29 is 9.47 Å². The average Bonchev–Trinajstić information content (AvgIpc) is 2.95. The lowest BCUT2D eigenvalue weighted by Crippen LogP contribution is -2.09. The van der Waals surface area contributed by atoms with Crippen LogP contribution in [0, 0.1) is 13.8 Å². The Hall–Kier alpha value is -5.36. The van der Waals surface area contributed by atoms with Gasteiger partial charge in [-0.2, -0.15) is 0 Å². The van der Waals surface area contributed by atoms with Gasteiger partial charge in [0.25, 0.3) is 0 Å². The minimum Gasteiger partial charge on any atom is -0.457 e. The average molecular weight is 525 g/mol. The third-order valence-electron chi connectivity index (χ3n) is 7.18. The number of H-pyrrole nitrogens is 2. The fraction of sp³-hybridized carbons (Fsp3) is 0.0588. The van der Waals surface area contributed by atoms with E-state index in [-0.39, 0.29) is 10.9 Å². The van der Waals surface area contributed by atoms with Gasteiger partial charge >= 0.3 is 0 Å². The number of hydrogen-bond donors (Lipinski definition) is 2. The number of ether oxygens (including phenoxy) is 2. The molecule has 2 N–H and O–H groups in total. The predicted molar refractivity (Wildman–Crippen MR) is 160 cm³/mol. The molecule has 0 radical (unpaired) electrons. The summed E-state index contributed by atoms with van der Waals surface area (Å²) in [4.78, 5) is 34.0. The molecule has 0 saturated heterocycles. The third kappa shape index (κ3) is 4.07. The molecule has 0 fully saturated rings. The summed E-state index contributed by atoms with van der Waals surface area (Å²) in [5, 5.41) is 1.95. The second-order valence-electron chi connectivity index (χ2n) is 10.1. The highest BCUT2D eigenvalue weighted by Gasteiger charge is 2.15. The van der Waals surface area contributed by atoms with Crippen LogP contribution in [-0.4, -0.2) is 9.97 Å². The summed E-state index contributed by atoms with van der Waals surface area (Å²) in [5.41, 5.74) is 4.39. The molecule has 0 unspecified atom stereocenters. The van der Waals surface area contributed by atoms with Gasteiger partial charge in [0.2, 0.25) is 5.43 Å². The van der Waals surface area contributed by atoms with Crippen LogP contribution in [0.3, 0.4) is 0 Å². The van der Waals surface area contributed by atoms with E-state index in [1.807, 2.05) is 74.5 Å². The van der Waals surface area contributed by atoms with E-state index in [0.717, 1.165) is 11.1 Å². The standard InChI is InChI=1S/C34H24N2O4/c1-19-6-10-21(11-7-19)39-23-14-15-24-28(16-23)36-29-18-26-30(17-25(29)33(24)37)35-27-4-3-5-31(32(27)34(26)38)40-22-12-8-20(2)9-13-22/h3-18H,1-2H3,(H,35,38)(H,36,37). The number of benzene rings is 5. The van der Waals surface area contributed by atoms with Gasteiger partial charge in [0.05, 0.1) is 27.5 Å². The Labute approximate surface area is 228 Å². The zero-order valence-electron chi connectivity index (χ0n) is 21.9. The van der Waals surface area contributed by atoms with Crippen LogP contribution in [-0.2, 0) is 0 Å². The molecular formula is C34H24N2O4. The molecule has 0 bridgehead atoms. The van der Waals surface area contributed by atoms with Gasteiger partial charge in [-0.1, -0.05) is 41.5 Å². The quantitative estimate of drug-likeness (QED) is 0.229. The summed E-state index contributed by atoms with van der Waals surface area (Å²) in [5.74, 6) is 2.43. The summed E-state index contributed by atoms with van der Waals surface area (Å²) in [6.07, 6.45) is 0. The van der Waals surface area contributed by atoms with E-state index < -0.39 is 0 Å². The van der Waals surface area contributed by atoms with E-state index in [2.05, 4.69) is 9.97 Å². The van der Waals surface area contributed by atoms with Gasteiger partial charge in [0.1, 0.15) is 23.0 Å². The fourth-order valence-corrected chi connectivity index (χ4v) is 5.07. The number of rotatable bonds is 4. The number of nitrogens with one attached hydrogen (secondary N) is 2. The van der Waals surface area contributed by atoms with Crippen LogP contribution in [0.1, 0.15) is 11.1 Å². The van der Waals surface area contributed by atoms with Crippen molar-refractivity contribution in [2.24, 2.45) is 0 Å². The Morgan fingerprint density at radius 1 is 0.500 bits per heavy atom. The first-order valence-electron chi connectivity index (χ1n) is 13.0. The molecule has 6 nitrogen and oxygen atoms in total. The van der Waals surface area contributed by atoms with Crippen molar-refractivity contribution in [2.75, 3.05) is 0 Å². The molecule has 40 heavy (non-hydrogen) atoms. The Balaban J connectivity index is 1.38. The molecule has 0 saturated carbocycles. The van der Waals surface area contributed by atoms with Crippen molar-refractivity contribution in [3.05, 3.63) is 129 Å². The molecule has 0 atom stereocenters. The molecule has 6 heteroatoms. The SMILES string of the molecule is Cc1ccc(Oc2ccc3c(=O)c4cc5[nH]c6cccc(Oc7ccc(C)cc7)c6c(=O)c5cc4[nH]c3c2)cc1. The van der Waals surface area contributed by atoms with Crippen LogP contribution in [0.15, 0.2) is 107 Å². The van der Waals surface area contributed by atoms with E-state index >= 15 is 0 Å². The monoisotopic (exact) mass is 524 g/mol. The number of aryl methyl sites for hydroxylation is 2. The van der Waals surface area contributed by atoms with Crippen LogP contribution < -0.4 is 20.3 Å².